The van der Waals surface area contributed by atoms with Crippen LogP contribution in [0.25, 0.3) is 0 Å². The maximum Gasteiger partial charge on any atom is 0.227 e. The fraction of sp³-hybridized carbons (Fsp3) is 0.364. The van der Waals surface area contributed by atoms with Crippen LogP contribution in [0.1, 0.15) is 17.5 Å². The van der Waals surface area contributed by atoms with Gasteiger partial charge in [-0.25, -0.2) is 0 Å². The number of nitrogens with one attached hydrogen (secondary N) is 1. The van der Waals surface area contributed by atoms with Crippen molar-refractivity contribution in [2.45, 2.75) is 19.5 Å². The number of carbonyl (C=O) groups is 2. The molecule has 0 aliphatic carbocycles. The number of anilines is 1. The molecule has 0 saturated carbocycles. The Morgan fingerprint density at radius 2 is 1.90 bits per heavy atom. The third-order valence-electron chi connectivity index (χ3n) is 4.92. The Bertz CT molecular complexity index is 883. The van der Waals surface area contributed by atoms with Crippen LogP contribution in [0.15, 0.2) is 42.5 Å². The number of ether oxygens (including phenoxy) is 1. The second-order valence-corrected chi connectivity index (χ2v) is 7.93. The van der Waals surface area contributed by atoms with Crippen LogP contribution in [-0.4, -0.2) is 44.5 Å². The van der Waals surface area contributed by atoms with E-state index in [0.29, 0.717) is 29.5 Å². The van der Waals surface area contributed by atoms with E-state index in [9.17, 15) is 9.59 Å². The molecule has 1 atom stereocenters. The van der Waals surface area contributed by atoms with Crippen molar-refractivity contribution in [3.8, 4) is 5.75 Å². The van der Waals surface area contributed by atoms with Gasteiger partial charge in [-0.1, -0.05) is 35.9 Å². The summed E-state index contributed by atoms with van der Waals surface area (Å²) in [6.07, 6.45) is 0.170. The van der Waals surface area contributed by atoms with E-state index in [-0.39, 0.29) is 18.2 Å². The number of hydrogen-bond donors (Lipinski definition) is 1. The first kappa shape index (κ1) is 21.1. The summed E-state index contributed by atoms with van der Waals surface area (Å²) in [5, 5.41) is 3.46. The summed E-state index contributed by atoms with van der Waals surface area (Å²) in [5.74, 6) is -0.0845. The van der Waals surface area contributed by atoms with Crippen LogP contribution in [0.4, 0.5) is 5.69 Å². The maximum atomic E-state index is 12.6. The molecule has 6 nitrogen and oxygen atoms in total. The molecule has 0 radical (unpaired) electrons. The predicted octanol–water partition coefficient (Wildman–Crippen LogP) is 3.08. The lowest BCUT2D eigenvalue weighted by Crippen LogP contribution is -2.32. The van der Waals surface area contributed by atoms with Crippen molar-refractivity contribution in [3.63, 3.8) is 0 Å². The van der Waals surface area contributed by atoms with E-state index >= 15 is 0 Å². The number of carbonyl (C=O) groups excluding carboxylic acids is 2. The van der Waals surface area contributed by atoms with Crippen molar-refractivity contribution in [1.82, 2.24) is 10.2 Å². The summed E-state index contributed by atoms with van der Waals surface area (Å²) in [4.78, 5) is 28.8. The molecule has 154 valence electrons. The Kier molecular flexibility index (Phi) is 6.77. The first-order valence-corrected chi connectivity index (χ1v) is 9.89. The molecule has 1 saturated heterocycles. The number of halogens is 1. The molecule has 29 heavy (non-hydrogen) atoms. The second-order valence-electron chi connectivity index (χ2n) is 7.49. The normalized spacial score (nSPS) is 16.4. The molecule has 7 heteroatoms. The summed E-state index contributed by atoms with van der Waals surface area (Å²) >= 11 is 6.08. The lowest BCUT2D eigenvalue weighted by atomic mass is 10.1. The molecule has 0 spiro atoms. The molecule has 0 aromatic heterocycles. The predicted molar refractivity (Wildman–Crippen MR) is 114 cm³/mol. The minimum atomic E-state index is -0.404. The van der Waals surface area contributed by atoms with Crippen LogP contribution >= 0.6 is 11.6 Å². The molecule has 1 fully saturated rings. The smallest absolute Gasteiger partial charge is 0.227 e. The van der Waals surface area contributed by atoms with Crippen molar-refractivity contribution < 1.29 is 14.3 Å². The van der Waals surface area contributed by atoms with Gasteiger partial charge < -0.3 is 19.9 Å². The fourth-order valence-corrected chi connectivity index (χ4v) is 3.62. The zero-order valence-electron chi connectivity index (χ0n) is 16.9. The zero-order valence-corrected chi connectivity index (χ0v) is 17.7. The first-order valence-electron chi connectivity index (χ1n) is 9.51. The van der Waals surface area contributed by atoms with Gasteiger partial charge in [0.15, 0.2) is 0 Å². The number of rotatable bonds is 7. The number of amides is 2. The first-order chi connectivity index (χ1) is 13.9. The highest BCUT2D eigenvalue weighted by Gasteiger charge is 2.36. The number of methoxy groups -OCH3 is 1. The molecule has 1 aliphatic rings. The monoisotopic (exact) mass is 415 g/mol. The van der Waals surface area contributed by atoms with Crippen LogP contribution in [0.5, 0.6) is 5.75 Å². The molecule has 0 bridgehead atoms. The third-order valence-corrected chi connectivity index (χ3v) is 5.15. The van der Waals surface area contributed by atoms with Crippen LogP contribution in [0.3, 0.4) is 0 Å². The average molecular weight is 416 g/mol. The lowest BCUT2D eigenvalue weighted by molar-refractivity contribution is -0.126. The molecule has 3 rings (SSSR count). The van der Waals surface area contributed by atoms with E-state index in [1.165, 1.54) is 5.56 Å². The Labute approximate surface area is 176 Å². The van der Waals surface area contributed by atoms with E-state index in [1.807, 2.05) is 26.2 Å². The highest BCUT2D eigenvalue weighted by Crippen LogP contribution is 2.35. The summed E-state index contributed by atoms with van der Waals surface area (Å²) in [6.45, 7) is 1.62. The molecule has 2 aromatic carbocycles. The van der Waals surface area contributed by atoms with Crippen molar-refractivity contribution in [2.24, 2.45) is 5.92 Å². The fourth-order valence-electron chi connectivity index (χ4n) is 3.45. The van der Waals surface area contributed by atoms with Gasteiger partial charge in [0.2, 0.25) is 11.8 Å². The van der Waals surface area contributed by atoms with E-state index in [4.69, 9.17) is 16.3 Å². The molecule has 1 aliphatic heterocycles. The summed E-state index contributed by atoms with van der Waals surface area (Å²) in [7, 11) is 5.60. The topological polar surface area (TPSA) is 61.9 Å². The molecular weight excluding hydrogens is 390 g/mol. The van der Waals surface area contributed by atoms with Gasteiger partial charge in [0.05, 0.1) is 18.7 Å². The standard InChI is InChI=1S/C22H26ClN3O3/c1-25(2)13-16-6-4-15(5-7-16)12-24-22(28)17-10-21(27)26(14-17)19-11-18(23)8-9-20(19)29-3/h4-9,11,17H,10,12-14H2,1-3H3,(H,24,28). The SMILES string of the molecule is COc1ccc(Cl)cc1N1CC(C(=O)NCc2ccc(CN(C)C)cc2)CC1=O. The van der Waals surface area contributed by atoms with Gasteiger partial charge in [0.1, 0.15) is 5.75 Å². The van der Waals surface area contributed by atoms with E-state index in [0.717, 1.165) is 12.1 Å². The number of hydrogen-bond acceptors (Lipinski definition) is 4. The van der Waals surface area contributed by atoms with Crippen molar-refractivity contribution in [1.29, 1.82) is 0 Å². The third kappa shape index (κ3) is 5.28. The molecule has 2 amide bonds. The average Bonchev–Trinajstić information content (AvgIpc) is 3.08. The Hall–Kier alpha value is -2.57. The summed E-state index contributed by atoms with van der Waals surface area (Å²) in [6, 6.07) is 13.3. The quantitative estimate of drug-likeness (QED) is 0.754. The van der Waals surface area contributed by atoms with Crippen LogP contribution in [0.2, 0.25) is 5.02 Å². The van der Waals surface area contributed by atoms with Gasteiger partial charge in [0, 0.05) is 31.1 Å². The van der Waals surface area contributed by atoms with Gasteiger partial charge in [-0.15, -0.1) is 0 Å². The van der Waals surface area contributed by atoms with Gasteiger partial charge >= 0.3 is 0 Å². The van der Waals surface area contributed by atoms with Crippen LogP contribution < -0.4 is 15.0 Å². The molecule has 1 unspecified atom stereocenters. The molecule has 1 heterocycles. The molecule has 1 N–H and O–H groups in total. The van der Waals surface area contributed by atoms with Gasteiger partial charge in [-0.2, -0.15) is 0 Å². The van der Waals surface area contributed by atoms with Crippen LogP contribution in [0, 0.1) is 5.92 Å². The Morgan fingerprint density at radius 3 is 2.55 bits per heavy atom. The minimum Gasteiger partial charge on any atom is -0.495 e. The highest BCUT2D eigenvalue weighted by molar-refractivity contribution is 6.31. The zero-order chi connectivity index (χ0) is 21.0. The second kappa shape index (κ2) is 9.29. The Morgan fingerprint density at radius 1 is 1.21 bits per heavy atom. The Balaban J connectivity index is 1.60. The summed E-state index contributed by atoms with van der Waals surface area (Å²) in [5.41, 5.74) is 2.84. The van der Waals surface area contributed by atoms with Crippen molar-refractivity contribution in [2.75, 3.05) is 32.6 Å². The maximum absolute atomic E-state index is 12.6. The lowest BCUT2D eigenvalue weighted by Gasteiger charge is -2.20. The van der Waals surface area contributed by atoms with Gasteiger partial charge in [-0.05, 0) is 43.4 Å². The summed E-state index contributed by atoms with van der Waals surface area (Å²) < 4.78 is 5.34. The van der Waals surface area contributed by atoms with E-state index < -0.39 is 5.92 Å². The largest absolute Gasteiger partial charge is 0.495 e. The number of nitrogens with zero attached hydrogens (tertiary/aromatic N) is 2. The van der Waals surface area contributed by atoms with Crippen LogP contribution in [-0.2, 0) is 22.7 Å². The van der Waals surface area contributed by atoms with Gasteiger partial charge in [0.25, 0.3) is 0 Å². The minimum absolute atomic E-state index is 0.112. The molecule has 2 aromatic rings. The van der Waals surface area contributed by atoms with Gasteiger partial charge in [-0.3, -0.25) is 9.59 Å². The van der Waals surface area contributed by atoms with E-state index in [1.54, 1.807) is 30.2 Å². The van der Waals surface area contributed by atoms with E-state index in [2.05, 4.69) is 22.3 Å². The molecular formula is C22H26ClN3O3. The number of benzene rings is 2. The van der Waals surface area contributed by atoms with Crippen molar-refractivity contribution >= 4 is 29.1 Å². The highest BCUT2D eigenvalue weighted by atomic mass is 35.5. The van der Waals surface area contributed by atoms with Crippen molar-refractivity contribution in [3.05, 3.63) is 58.6 Å².